The van der Waals surface area contributed by atoms with Crippen LogP contribution in [0, 0.1) is 10.1 Å². The molecule has 0 bridgehead atoms. The van der Waals surface area contributed by atoms with Crippen molar-refractivity contribution in [2.24, 2.45) is 0 Å². The number of nitrogens with zero attached hydrogens (tertiary/aromatic N) is 2. The van der Waals surface area contributed by atoms with Crippen molar-refractivity contribution in [2.45, 2.75) is 36.2 Å². The van der Waals surface area contributed by atoms with E-state index < -0.39 is 36.5 Å². The van der Waals surface area contributed by atoms with E-state index >= 15 is 0 Å². The topological polar surface area (TPSA) is 115 Å². The molecule has 0 spiro atoms. The zero-order valence-corrected chi connectivity index (χ0v) is 13.8. The molecule has 1 atom stereocenters. The van der Waals surface area contributed by atoms with Crippen molar-refractivity contribution in [1.29, 1.82) is 0 Å². The molecule has 1 aromatic rings. The minimum atomic E-state index is -4.12. The Kier molecular flexibility index (Phi) is 3.93. The standard InChI is InChI=1S/C13H16N2O6S2/c16-15(17)12-3-1-2-4-13(12)23(20,21)14(10-5-6-10)11-7-8-22(18,19)9-11/h1-4,10-11H,5-9H2/t11-/m1/s1. The van der Waals surface area contributed by atoms with Crippen LogP contribution < -0.4 is 0 Å². The Balaban J connectivity index is 2.05. The fourth-order valence-corrected chi connectivity index (χ4v) is 6.80. The van der Waals surface area contributed by atoms with Gasteiger partial charge in [-0.15, -0.1) is 0 Å². The number of hydrogen-bond donors (Lipinski definition) is 0. The fraction of sp³-hybridized carbons (Fsp3) is 0.538. The molecule has 1 aliphatic carbocycles. The molecular formula is C13H16N2O6S2. The van der Waals surface area contributed by atoms with Gasteiger partial charge in [0.1, 0.15) is 0 Å². The largest absolute Gasteiger partial charge is 0.289 e. The van der Waals surface area contributed by atoms with Gasteiger partial charge in [-0.1, -0.05) is 12.1 Å². The van der Waals surface area contributed by atoms with Crippen molar-refractivity contribution in [2.75, 3.05) is 11.5 Å². The summed E-state index contributed by atoms with van der Waals surface area (Å²) in [5.41, 5.74) is -0.487. The Morgan fingerprint density at radius 1 is 1.13 bits per heavy atom. The third kappa shape index (κ3) is 3.10. The highest BCUT2D eigenvalue weighted by Crippen LogP contribution is 2.38. The molecule has 1 saturated heterocycles. The number of sulfone groups is 1. The van der Waals surface area contributed by atoms with E-state index in [1.165, 1.54) is 22.5 Å². The van der Waals surface area contributed by atoms with Crippen LogP contribution in [0.5, 0.6) is 0 Å². The monoisotopic (exact) mass is 360 g/mol. The van der Waals surface area contributed by atoms with Gasteiger partial charge in [0.05, 0.1) is 16.4 Å². The van der Waals surface area contributed by atoms with E-state index in [2.05, 4.69) is 0 Å². The molecule has 3 rings (SSSR count). The molecule has 1 heterocycles. The molecule has 1 saturated carbocycles. The number of sulfonamides is 1. The van der Waals surface area contributed by atoms with Gasteiger partial charge in [-0.25, -0.2) is 16.8 Å². The maximum atomic E-state index is 13.0. The van der Waals surface area contributed by atoms with Crippen LogP contribution >= 0.6 is 0 Å². The first kappa shape index (κ1) is 16.3. The summed E-state index contributed by atoms with van der Waals surface area (Å²) in [6, 6.07) is 4.26. The van der Waals surface area contributed by atoms with Gasteiger partial charge in [0.2, 0.25) is 10.0 Å². The van der Waals surface area contributed by atoms with E-state index in [-0.39, 0.29) is 28.9 Å². The van der Waals surface area contributed by atoms with Crippen molar-refractivity contribution in [3.05, 3.63) is 34.4 Å². The van der Waals surface area contributed by atoms with Crippen LogP contribution in [0.25, 0.3) is 0 Å². The lowest BCUT2D eigenvalue weighted by Crippen LogP contribution is -2.42. The van der Waals surface area contributed by atoms with Gasteiger partial charge in [-0.05, 0) is 25.3 Å². The quantitative estimate of drug-likeness (QED) is 0.570. The van der Waals surface area contributed by atoms with Crippen LogP contribution in [0.3, 0.4) is 0 Å². The minimum absolute atomic E-state index is 0.0483. The van der Waals surface area contributed by atoms with E-state index in [0.717, 1.165) is 6.07 Å². The average Bonchev–Trinajstić information content (AvgIpc) is 3.22. The molecule has 0 N–H and O–H groups in total. The highest BCUT2D eigenvalue weighted by Gasteiger charge is 2.47. The van der Waals surface area contributed by atoms with E-state index in [1.54, 1.807) is 0 Å². The van der Waals surface area contributed by atoms with E-state index in [9.17, 15) is 26.9 Å². The van der Waals surface area contributed by atoms with Gasteiger partial charge < -0.3 is 0 Å². The first-order valence-electron chi connectivity index (χ1n) is 7.20. The Morgan fingerprint density at radius 3 is 2.30 bits per heavy atom. The maximum absolute atomic E-state index is 13.0. The zero-order valence-electron chi connectivity index (χ0n) is 12.2. The van der Waals surface area contributed by atoms with Crippen LogP contribution in [0.15, 0.2) is 29.2 Å². The second kappa shape index (κ2) is 5.53. The molecule has 8 nitrogen and oxygen atoms in total. The van der Waals surface area contributed by atoms with Crippen molar-refractivity contribution < 1.29 is 21.8 Å². The van der Waals surface area contributed by atoms with Crippen molar-refractivity contribution >= 4 is 25.5 Å². The van der Waals surface area contributed by atoms with Gasteiger partial charge in [0.15, 0.2) is 14.7 Å². The summed E-state index contributed by atoms with van der Waals surface area (Å²) in [5.74, 6) is -0.267. The van der Waals surface area contributed by atoms with Gasteiger partial charge >= 0.3 is 0 Å². The van der Waals surface area contributed by atoms with Gasteiger partial charge in [0, 0.05) is 18.2 Å². The first-order chi connectivity index (χ1) is 10.7. The van der Waals surface area contributed by atoms with E-state index in [4.69, 9.17) is 0 Å². The highest BCUT2D eigenvalue weighted by atomic mass is 32.2. The third-order valence-corrected chi connectivity index (χ3v) is 7.90. The molecule has 126 valence electrons. The Morgan fingerprint density at radius 2 is 1.78 bits per heavy atom. The predicted octanol–water partition coefficient (Wildman–Crippen LogP) is 0.935. The lowest BCUT2D eigenvalue weighted by molar-refractivity contribution is -0.387. The summed E-state index contributed by atoms with van der Waals surface area (Å²) in [7, 11) is -7.38. The molecular weight excluding hydrogens is 344 g/mol. The first-order valence-corrected chi connectivity index (χ1v) is 10.5. The molecule has 0 amide bonds. The summed E-state index contributed by atoms with van der Waals surface area (Å²) in [6.45, 7) is 0. The molecule has 2 fully saturated rings. The van der Waals surface area contributed by atoms with E-state index in [1.807, 2.05) is 0 Å². The predicted molar refractivity (Wildman–Crippen MR) is 82.2 cm³/mol. The molecule has 23 heavy (non-hydrogen) atoms. The molecule has 10 heteroatoms. The van der Waals surface area contributed by atoms with Crippen LogP contribution in [-0.2, 0) is 19.9 Å². The van der Waals surface area contributed by atoms with E-state index in [0.29, 0.717) is 12.8 Å². The van der Waals surface area contributed by atoms with Crippen molar-refractivity contribution in [1.82, 2.24) is 4.31 Å². The maximum Gasteiger partial charge on any atom is 0.289 e. The molecule has 0 aromatic heterocycles. The van der Waals surface area contributed by atoms with Crippen molar-refractivity contribution in [3.63, 3.8) is 0 Å². The second-order valence-corrected chi connectivity index (χ2v) is 9.89. The number of rotatable bonds is 5. The number of hydrogen-bond acceptors (Lipinski definition) is 6. The summed E-state index contributed by atoms with van der Waals surface area (Å²) in [4.78, 5) is 10.0. The smallest absolute Gasteiger partial charge is 0.258 e. The zero-order chi connectivity index (χ0) is 16.8. The second-order valence-electron chi connectivity index (χ2n) is 5.85. The average molecular weight is 360 g/mol. The SMILES string of the molecule is O=[N+]([O-])c1ccccc1S(=O)(=O)N(C1CC1)[C@@H]1CCS(=O)(=O)C1. The third-order valence-electron chi connectivity index (χ3n) is 4.09. The molecule has 0 radical (unpaired) electrons. The Labute approximate surface area is 134 Å². The lowest BCUT2D eigenvalue weighted by Gasteiger charge is -2.27. The summed E-state index contributed by atoms with van der Waals surface area (Å²) in [5, 5.41) is 11.1. The summed E-state index contributed by atoms with van der Waals surface area (Å²) < 4.78 is 50.5. The van der Waals surface area contributed by atoms with Crippen LogP contribution in [0.2, 0.25) is 0 Å². The number of para-hydroxylation sites is 1. The number of benzene rings is 1. The summed E-state index contributed by atoms with van der Waals surface area (Å²) in [6.07, 6.45) is 1.53. The lowest BCUT2D eigenvalue weighted by atomic mass is 10.2. The number of nitro groups is 1. The Hall–Kier alpha value is -1.52. The van der Waals surface area contributed by atoms with Gasteiger partial charge in [0.25, 0.3) is 5.69 Å². The molecule has 0 unspecified atom stereocenters. The van der Waals surface area contributed by atoms with Crippen LogP contribution in [0.4, 0.5) is 5.69 Å². The van der Waals surface area contributed by atoms with Gasteiger partial charge in [-0.2, -0.15) is 4.31 Å². The number of nitro benzene ring substituents is 1. The van der Waals surface area contributed by atoms with Crippen molar-refractivity contribution in [3.8, 4) is 0 Å². The van der Waals surface area contributed by atoms with Gasteiger partial charge in [-0.3, -0.25) is 10.1 Å². The summed E-state index contributed by atoms with van der Waals surface area (Å²) >= 11 is 0. The van der Waals surface area contributed by atoms with Crippen LogP contribution in [-0.4, -0.2) is 49.7 Å². The normalized spacial score (nSPS) is 24.0. The van der Waals surface area contributed by atoms with Crippen LogP contribution in [0.1, 0.15) is 19.3 Å². The molecule has 1 aliphatic heterocycles. The fourth-order valence-electron chi connectivity index (χ4n) is 2.94. The molecule has 1 aromatic carbocycles. The Bertz CT molecular complexity index is 845. The highest BCUT2D eigenvalue weighted by molar-refractivity contribution is 7.92. The minimum Gasteiger partial charge on any atom is -0.258 e. The molecule has 2 aliphatic rings.